The van der Waals surface area contributed by atoms with Crippen LogP contribution in [-0.4, -0.2) is 37.1 Å². The van der Waals surface area contributed by atoms with Gasteiger partial charge in [-0.1, -0.05) is 0 Å². The van der Waals surface area contributed by atoms with E-state index in [2.05, 4.69) is 15.0 Å². The van der Waals surface area contributed by atoms with E-state index in [1.54, 1.807) is 0 Å². The van der Waals surface area contributed by atoms with Crippen molar-refractivity contribution in [2.45, 2.75) is 10.2 Å². The van der Waals surface area contributed by atoms with Gasteiger partial charge in [-0.25, -0.2) is 19.6 Å². The van der Waals surface area contributed by atoms with E-state index in [4.69, 9.17) is 10.2 Å². The van der Waals surface area contributed by atoms with Crippen molar-refractivity contribution >= 4 is 23.7 Å². The average molecular weight is 265 g/mol. The standard InChI is InChI=1S/C10H7N3O4S/c14-8(15)5-2-1-3-11-7(5)18-10-12-4-6(13-10)9(16)17/h1-4H,(H,12,13)(H,14,15)(H,16,17). The van der Waals surface area contributed by atoms with Crippen LogP contribution in [0.25, 0.3) is 0 Å². The normalized spacial score (nSPS) is 10.2. The number of aromatic nitrogens is 3. The number of hydrogen-bond acceptors (Lipinski definition) is 5. The van der Waals surface area contributed by atoms with Crippen LogP contribution in [0.15, 0.2) is 34.7 Å². The quantitative estimate of drug-likeness (QED) is 0.763. The first-order valence-corrected chi connectivity index (χ1v) is 5.54. The molecule has 0 fully saturated rings. The fraction of sp³-hybridized carbons (Fsp3) is 0. The van der Waals surface area contributed by atoms with Gasteiger partial charge in [-0.2, -0.15) is 0 Å². The molecule has 0 radical (unpaired) electrons. The van der Waals surface area contributed by atoms with Gasteiger partial charge in [0.05, 0.1) is 11.8 Å². The summed E-state index contributed by atoms with van der Waals surface area (Å²) in [7, 11) is 0. The highest BCUT2D eigenvalue weighted by Gasteiger charge is 2.14. The third-order valence-electron chi connectivity index (χ3n) is 1.98. The molecule has 0 aliphatic rings. The molecule has 0 unspecified atom stereocenters. The maximum Gasteiger partial charge on any atom is 0.353 e. The number of nitrogens with zero attached hydrogens (tertiary/aromatic N) is 2. The second-order valence-corrected chi connectivity index (χ2v) is 4.15. The first-order valence-electron chi connectivity index (χ1n) is 4.72. The summed E-state index contributed by atoms with van der Waals surface area (Å²) in [6, 6.07) is 2.93. The molecule has 7 nitrogen and oxygen atoms in total. The maximum absolute atomic E-state index is 10.9. The van der Waals surface area contributed by atoms with Gasteiger partial charge in [0.2, 0.25) is 0 Å². The van der Waals surface area contributed by atoms with Crippen molar-refractivity contribution in [1.82, 2.24) is 15.0 Å². The Morgan fingerprint density at radius 1 is 1.22 bits per heavy atom. The molecule has 0 aromatic carbocycles. The van der Waals surface area contributed by atoms with Gasteiger partial charge in [-0.05, 0) is 23.9 Å². The van der Waals surface area contributed by atoms with Crippen LogP contribution in [0, 0.1) is 0 Å². The van der Waals surface area contributed by atoms with Crippen LogP contribution in [0.1, 0.15) is 20.8 Å². The number of carboxylic acids is 2. The summed E-state index contributed by atoms with van der Waals surface area (Å²) in [6.45, 7) is 0. The zero-order valence-corrected chi connectivity index (χ0v) is 9.64. The minimum Gasteiger partial charge on any atom is -0.478 e. The molecule has 2 aromatic heterocycles. The van der Waals surface area contributed by atoms with Crippen LogP contribution < -0.4 is 0 Å². The largest absolute Gasteiger partial charge is 0.478 e. The van der Waals surface area contributed by atoms with Crippen molar-refractivity contribution in [2.75, 3.05) is 0 Å². The van der Waals surface area contributed by atoms with Crippen molar-refractivity contribution in [3.63, 3.8) is 0 Å². The number of imidazole rings is 1. The molecule has 18 heavy (non-hydrogen) atoms. The zero-order chi connectivity index (χ0) is 13.1. The highest BCUT2D eigenvalue weighted by atomic mass is 32.2. The lowest BCUT2D eigenvalue weighted by Crippen LogP contribution is -2.00. The molecule has 0 spiro atoms. The van der Waals surface area contributed by atoms with Gasteiger partial charge in [0.25, 0.3) is 0 Å². The van der Waals surface area contributed by atoms with Crippen molar-refractivity contribution in [3.05, 3.63) is 35.8 Å². The number of aromatic amines is 1. The van der Waals surface area contributed by atoms with Crippen LogP contribution in [0.4, 0.5) is 0 Å². The summed E-state index contributed by atoms with van der Waals surface area (Å²) in [6.07, 6.45) is 2.61. The van der Waals surface area contributed by atoms with Crippen molar-refractivity contribution < 1.29 is 19.8 Å². The van der Waals surface area contributed by atoms with Crippen LogP contribution >= 0.6 is 11.8 Å². The van der Waals surface area contributed by atoms with Crippen LogP contribution in [0.3, 0.4) is 0 Å². The average Bonchev–Trinajstić information content (AvgIpc) is 2.78. The maximum atomic E-state index is 10.9. The van der Waals surface area contributed by atoms with E-state index in [0.717, 1.165) is 18.0 Å². The van der Waals surface area contributed by atoms with Crippen molar-refractivity contribution in [3.8, 4) is 0 Å². The second kappa shape index (κ2) is 4.88. The highest BCUT2D eigenvalue weighted by Crippen LogP contribution is 2.26. The number of H-pyrrole nitrogens is 1. The summed E-state index contributed by atoms with van der Waals surface area (Å²) in [5.74, 6) is -2.23. The monoisotopic (exact) mass is 265 g/mol. The lowest BCUT2D eigenvalue weighted by Gasteiger charge is -2.01. The number of pyridine rings is 1. The number of carbonyl (C=O) groups is 2. The summed E-state index contributed by atoms with van der Waals surface area (Å²) >= 11 is 0.959. The SMILES string of the molecule is O=C(O)c1cnc(Sc2ncccc2C(=O)O)[nH]1. The Kier molecular flexibility index (Phi) is 3.28. The molecule has 0 bridgehead atoms. The van der Waals surface area contributed by atoms with Gasteiger partial charge in [0.15, 0.2) is 5.16 Å². The lowest BCUT2D eigenvalue weighted by atomic mass is 10.3. The molecule has 0 saturated heterocycles. The van der Waals surface area contributed by atoms with Crippen LogP contribution in [0.5, 0.6) is 0 Å². The van der Waals surface area contributed by atoms with E-state index in [1.165, 1.54) is 18.3 Å². The topological polar surface area (TPSA) is 116 Å². The summed E-state index contributed by atoms with van der Waals surface area (Å²) in [5.41, 5.74) is -0.0268. The first-order chi connectivity index (χ1) is 8.58. The van der Waals surface area contributed by atoms with Crippen molar-refractivity contribution in [2.24, 2.45) is 0 Å². The molecule has 0 saturated carbocycles. The predicted molar refractivity (Wildman–Crippen MR) is 60.9 cm³/mol. The van der Waals surface area contributed by atoms with E-state index >= 15 is 0 Å². The Bertz CT molecular complexity index is 611. The Balaban J connectivity index is 2.28. The van der Waals surface area contributed by atoms with Gasteiger partial charge < -0.3 is 15.2 Å². The predicted octanol–water partition coefficient (Wildman–Crippen LogP) is 1.35. The number of nitrogens with one attached hydrogen (secondary N) is 1. The fourth-order valence-electron chi connectivity index (χ4n) is 1.19. The molecule has 2 aromatic rings. The Hall–Kier alpha value is -2.35. The molecule has 0 amide bonds. The van der Waals surface area contributed by atoms with E-state index in [-0.39, 0.29) is 21.4 Å². The highest BCUT2D eigenvalue weighted by molar-refractivity contribution is 7.99. The molecule has 3 N–H and O–H groups in total. The molecule has 8 heteroatoms. The van der Waals surface area contributed by atoms with E-state index < -0.39 is 11.9 Å². The smallest absolute Gasteiger partial charge is 0.353 e. The minimum atomic E-state index is -1.13. The first kappa shape index (κ1) is 12.1. The van der Waals surface area contributed by atoms with E-state index in [0.29, 0.717) is 0 Å². The van der Waals surface area contributed by atoms with Gasteiger partial charge in [0.1, 0.15) is 10.7 Å². The zero-order valence-electron chi connectivity index (χ0n) is 8.82. The molecule has 2 heterocycles. The van der Waals surface area contributed by atoms with Crippen LogP contribution in [0.2, 0.25) is 0 Å². The number of aromatic carboxylic acids is 2. The van der Waals surface area contributed by atoms with Gasteiger partial charge in [-0.3, -0.25) is 0 Å². The summed E-state index contributed by atoms with van der Waals surface area (Å²) in [5, 5.41) is 18.2. The van der Waals surface area contributed by atoms with E-state index in [1.807, 2.05) is 0 Å². The number of hydrogen-bond donors (Lipinski definition) is 3. The lowest BCUT2D eigenvalue weighted by molar-refractivity contribution is 0.0680. The molecular formula is C10H7N3O4S. The van der Waals surface area contributed by atoms with Crippen LogP contribution in [-0.2, 0) is 0 Å². The Morgan fingerprint density at radius 2 is 2.00 bits per heavy atom. The third-order valence-corrected chi connectivity index (χ3v) is 2.90. The molecule has 0 aliphatic carbocycles. The Morgan fingerprint density at radius 3 is 2.61 bits per heavy atom. The van der Waals surface area contributed by atoms with E-state index in [9.17, 15) is 9.59 Å². The molecule has 0 atom stereocenters. The third kappa shape index (κ3) is 2.48. The van der Waals surface area contributed by atoms with Gasteiger partial charge in [0, 0.05) is 6.20 Å². The minimum absolute atomic E-state index is 0.0378. The van der Waals surface area contributed by atoms with Gasteiger partial charge in [-0.15, -0.1) is 0 Å². The van der Waals surface area contributed by atoms with Gasteiger partial charge >= 0.3 is 11.9 Å². The molecule has 0 aliphatic heterocycles. The molecule has 2 rings (SSSR count). The fourth-order valence-corrected chi connectivity index (χ4v) is 2.02. The Labute approximate surface area is 105 Å². The number of carboxylic acid groups (broad SMARTS) is 2. The molecular weight excluding hydrogens is 258 g/mol. The summed E-state index contributed by atoms with van der Waals surface area (Å²) in [4.78, 5) is 31.9. The van der Waals surface area contributed by atoms with Crippen molar-refractivity contribution in [1.29, 1.82) is 0 Å². The molecule has 92 valence electrons. The number of rotatable bonds is 4. The second-order valence-electron chi connectivity index (χ2n) is 3.17. The summed E-state index contributed by atoms with van der Waals surface area (Å²) < 4.78 is 0.